The molecule has 2 aliphatic rings. The van der Waals surface area contributed by atoms with Crippen LogP contribution in [0.5, 0.6) is 0 Å². The number of hydrogen-bond donors (Lipinski definition) is 2. The standard InChI is InChI=1S/C18H22N3.C13H22NO.C10H16N.C6H10N2.7CH4/c1-15(2)18-10-16(12-20-6-3-4-7-20)9-17(11-18)13-21-8-5-19-14-21;1-11(2)13-5-3-12(4-6-13)9-14-7-8-15-10-14;1-10(2)6-9-11-7-4-3-5-8-11;1-6(2)8-4-3-7-5-8;;;;;;;/h3,5-11,14-15H,4,12-13H2,1-2H3;7-8,10-13H,3-6,9H2,1-2H3;3-5,7-8,10H,6,9H2,1-2H3;3-6H,1-2H3;7*1H4/q3*+1;;;;;;;;/p+2. The Hall–Kier alpha value is -4.59. The Morgan fingerprint density at radius 1 is 0.661 bits per heavy atom. The molecule has 8 heteroatoms. The lowest BCUT2D eigenvalue weighted by Crippen LogP contribution is -2.36. The van der Waals surface area contributed by atoms with Gasteiger partial charge < -0.3 is 4.42 Å². The van der Waals surface area contributed by atoms with Gasteiger partial charge in [-0.1, -0.05) is 106 Å². The predicted molar refractivity (Wildman–Crippen MR) is 268 cm³/mol. The second-order valence-corrected chi connectivity index (χ2v) is 16.7. The Kier molecular flexibility index (Phi) is 36.1. The highest BCUT2D eigenvalue weighted by atomic mass is 16.3. The van der Waals surface area contributed by atoms with Crippen LogP contribution in [0, 0.1) is 23.7 Å². The molecule has 8 nitrogen and oxygen atoms in total. The fourth-order valence-corrected chi connectivity index (χ4v) is 7.03. The van der Waals surface area contributed by atoms with Gasteiger partial charge in [-0.15, -0.1) is 0 Å². The minimum Gasteiger partial charge on any atom is -0.412 e. The van der Waals surface area contributed by atoms with Gasteiger partial charge in [0.15, 0.2) is 37.9 Å². The Morgan fingerprint density at radius 3 is 1.76 bits per heavy atom. The first-order valence-corrected chi connectivity index (χ1v) is 20.8. The van der Waals surface area contributed by atoms with Gasteiger partial charge in [-0.05, 0) is 92.5 Å². The van der Waals surface area contributed by atoms with Crippen LogP contribution in [0.25, 0.3) is 0 Å². The van der Waals surface area contributed by atoms with Crippen LogP contribution in [-0.4, -0.2) is 20.8 Å². The Labute approximate surface area is 383 Å². The van der Waals surface area contributed by atoms with Crippen LogP contribution in [-0.2, 0) is 26.2 Å². The van der Waals surface area contributed by atoms with Crippen LogP contribution in [0.2, 0.25) is 0 Å². The zero-order valence-electron chi connectivity index (χ0n) is 35.2. The van der Waals surface area contributed by atoms with E-state index in [0.717, 1.165) is 56.3 Å². The third-order valence-corrected chi connectivity index (χ3v) is 10.6. The van der Waals surface area contributed by atoms with Crippen molar-refractivity contribution in [3.05, 3.63) is 134 Å². The lowest BCUT2D eigenvalue weighted by atomic mass is 9.77. The average molecular weight is 863 g/mol. The lowest BCUT2D eigenvalue weighted by molar-refractivity contribution is -0.715. The number of pyridine rings is 1. The van der Waals surface area contributed by atoms with Gasteiger partial charge in [0.2, 0.25) is 18.9 Å². The molecule has 1 fully saturated rings. The maximum absolute atomic E-state index is 5.08. The molecule has 1 aromatic carbocycles. The Bertz CT molecular complexity index is 1760. The van der Waals surface area contributed by atoms with E-state index in [0.29, 0.717) is 12.0 Å². The highest BCUT2D eigenvalue weighted by Gasteiger charge is 2.25. The van der Waals surface area contributed by atoms with E-state index in [1.54, 1.807) is 6.26 Å². The second kappa shape index (κ2) is 34.9. The molecule has 62 heavy (non-hydrogen) atoms. The highest BCUT2D eigenvalue weighted by molar-refractivity contribution is 5.55. The minimum atomic E-state index is 0. The topological polar surface area (TPSA) is 63.2 Å². The van der Waals surface area contributed by atoms with E-state index in [2.05, 4.69) is 156 Å². The van der Waals surface area contributed by atoms with E-state index in [9.17, 15) is 0 Å². The number of nitrogens with one attached hydrogen (secondary N) is 2. The molecule has 2 N–H and O–H groups in total. The van der Waals surface area contributed by atoms with E-state index < -0.39 is 0 Å². The number of rotatable bonds is 12. The number of oxazole rings is 1. The first-order chi connectivity index (χ1) is 26.5. The monoisotopic (exact) mass is 863 g/mol. The van der Waals surface area contributed by atoms with Gasteiger partial charge in [0, 0.05) is 36.5 Å². The molecule has 0 radical (unpaired) electrons. The number of hydrogen-bond acceptors (Lipinski definition) is 1. The normalized spacial score (nSPS) is 14.5. The van der Waals surface area contributed by atoms with Gasteiger partial charge in [0.1, 0.15) is 44.1 Å². The van der Waals surface area contributed by atoms with E-state index in [-0.39, 0.29) is 52.0 Å². The fourth-order valence-electron chi connectivity index (χ4n) is 7.03. The molecule has 1 aliphatic carbocycles. The first kappa shape index (κ1) is 64.0. The molecule has 0 bridgehead atoms. The summed E-state index contributed by atoms with van der Waals surface area (Å²) in [5.74, 6) is 4.05. The highest BCUT2D eigenvalue weighted by Crippen LogP contribution is 2.33. The molecule has 5 aromatic rings. The predicted octanol–water partition coefficient (Wildman–Crippen LogP) is 13.4. The summed E-state index contributed by atoms with van der Waals surface area (Å²) in [5, 5.41) is 0. The van der Waals surface area contributed by atoms with Gasteiger partial charge in [0.25, 0.3) is 0 Å². The zero-order chi connectivity index (χ0) is 39.4. The third kappa shape index (κ3) is 24.2. The van der Waals surface area contributed by atoms with Gasteiger partial charge in [0.05, 0.1) is 6.04 Å². The summed E-state index contributed by atoms with van der Waals surface area (Å²) in [6.45, 7) is 22.2. The molecule has 0 spiro atoms. The number of benzene rings is 1. The molecule has 0 unspecified atom stereocenters. The van der Waals surface area contributed by atoms with Gasteiger partial charge in [-0.25, -0.2) is 18.3 Å². The van der Waals surface area contributed by atoms with Crippen molar-refractivity contribution >= 4 is 6.21 Å². The van der Waals surface area contributed by atoms with E-state index >= 15 is 0 Å². The molecule has 7 rings (SSSR count). The SMILES string of the molecule is C.C.C.C.C.C.C.CC(C)C1CCC(C[n+]2ccoc2)CC1.CC(C)CC[n+]1ccccc1.CC(C)[n+]1cc[nH]c1.CC(C)c1cc(C[N+]2=CCC=C2)cc(C[n+]2cc[nH]c2)c1. The fraction of sp³-hybridized carbons (Fsp3) is 0.574. The van der Waals surface area contributed by atoms with Crippen LogP contribution in [0.15, 0.2) is 122 Å². The number of nitrogens with zero attached hydrogens (tertiary/aromatic N) is 5. The lowest BCUT2D eigenvalue weighted by Gasteiger charge is -2.29. The van der Waals surface area contributed by atoms with Crippen LogP contribution in [0.3, 0.4) is 0 Å². The number of allylic oxidation sites excluding steroid dienone is 1. The molecular weight excluding hydrogens is 763 g/mol. The van der Waals surface area contributed by atoms with Gasteiger partial charge in [-0.3, -0.25) is 9.97 Å². The zero-order valence-corrected chi connectivity index (χ0v) is 35.2. The van der Waals surface area contributed by atoms with E-state index in [4.69, 9.17) is 4.42 Å². The first-order valence-electron chi connectivity index (χ1n) is 20.8. The Balaban J connectivity index is -0.000000367. The molecule has 5 heterocycles. The molecule has 352 valence electrons. The van der Waals surface area contributed by atoms with Crippen LogP contribution in [0.4, 0.5) is 0 Å². The van der Waals surface area contributed by atoms with Crippen molar-refractivity contribution in [3.63, 3.8) is 0 Å². The number of aromatic amines is 2. The van der Waals surface area contributed by atoms with Crippen molar-refractivity contribution in [2.75, 3.05) is 0 Å². The maximum atomic E-state index is 5.08. The van der Waals surface area contributed by atoms with Crippen molar-refractivity contribution in [1.29, 1.82) is 0 Å². The van der Waals surface area contributed by atoms with Crippen molar-refractivity contribution in [2.24, 2.45) is 23.7 Å². The summed E-state index contributed by atoms with van der Waals surface area (Å²) >= 11 is 0. The molecule has 4 aromatic heterocycles. The van der Waals surface area contributed by atoms with Crippen LogP contribution < -0.4 is 18.3 Å². The maximum Gasteiger partial charge on any atom is 0.334 e. The number of aryl methyl sites for hydroxylation is 1. The summed E-state index contributed by atoms with van der Waals surface area (Å²) in [7, 11) is 0. The molecule has 0 amide bonds. The summed E-state index contributed by atoms with van der Waals surface area (Å²) < 4.78 is 16.0. The minimum absolute atomic E-state index is 0. The average Bonchev–Trinajstić information content (AvgIpc) is 4.02. The van der Waals surface area contributed by atoms with Crippen molar-refractivity contribution in [2.45, 2.75) is 184 Å². The van der Waals surface area contributed by atoms with Gasteiger partial charge in [-0.2, -0.15) is 4.57 Å². The summed E-state index contributed by atoms with van der Waals surface area (Å²) in [6, 6.07) is 13.8. The molecule has 1 saturated carbocycles. The Morgan fingerprint density at radius 2 is 1.29 bits per heavy atom. The summed E-state index contributed by atoms with van der Waals surface area (Å²) in [6.07, 6.45) is 36.2. The number of H-pyrrole nitrogens is 2. The second-order valence-electron chi connectivity index (χ2n) is 16.7. The van der Waals surface area contributed by atoms with E-state index in [1.807, 2.05) is 49.9 Å². The van der Waals surface area contributed by atoms with Crippen molar-refractivity contribution in [1.82, 2.24) is 9.97 Å². The summed E-state index contributed by atoms with van der Waals surface area (Å²) in [5.41, 5.74) is 4.17. The molecular formula is C54H100N7O+5. The molecule has 0 saturated heterocycles. The molecule has 1 aliphatic heterocycles. The van der Waals surface area contributed by atoms with Crippen molar-refractivity contribution < 1.29 is 27.3 Å². The largest absolute Gasteiger partial charge is 0.412 e. The number of imidazole rings is 2. The van der Waals surface area contributed by atoms with Gasteiger partial charge >= 0.3 is 6.39 Å². The smallest absolute Gasteiger partial charge is 0.334 e. The number of aromatic nitrogens is 6. The van der Waals surface area contributed by atoms with Crippen LogP contribution in [0.1, 0.15) is 175 Å². The quantitative estimate of drug-likeness (QED) is 0.121. The third-order valence-electron chi connectivity index (χ3n) is 10.6. The summed E-state index contributed by atoms with van der Waals surface area (Å²) in [4.78, 5) is 6.08. The van der Waals surface area contributed by atoms with E-state index in [1.165, 1.54) is 48.8 Å². The van der Waals surface area contributed by atoms with Crippen molar-refractivity contribution in [3.8, 4) is 0 Å². The molecule has 0 atom stereocenters. The van der Waals surface area contributed by atoms with Crippen LogP contribution >= 0.6 is 0 Å².